The van der Waals surface area contributed by atoms with Gasteiger partial charge >= 0.3 is 12.1 Å². The summed E-state index contributed by atoms with van der Waals surface area (Å²) in [4.78, 5) is 27.2. The summed E-state index contributed by atoms with van der Waals surface area (Å²) in [5, 5.41) is 2.99. The molecular formula is C37H46N2O5. The van der Waals surface area contributed by atoms with Gasteiger partial charge in [0.25, 0.3) is 0 Å². The number of carbonyl (C=O) groups excluding carboxylic acids is 2. The van der Waals surface area contributed by atoms with Crippen LogP contribution in [0.3, 0.4) is 0 Å². The summed E-state index contributed by atoms with van der Waals surface area (Å²) in [6.45, 7) is 9.74. The Hall–Kier alpha value is -3.68. The Bertz CT molecular complexity index is 1370. The van der Waals surface area contributed by atoms with Crippen molar-refractivity contribution in [1.82, 2.24) is 4.90 Å². The first kappa shape index (κ1) is 31.7. The van der Waals surface area contributed by atoms with Crippen LogP contribution in [0.5, 0.6) is 0 Å². The number of carbonyl (C=O) groups is 2. The number of esters is 1. The van der Waals surface area contributed by atoms with E-state index < -0.39 is 5.60 Å². The van der Waals surface area contributed by atoms with Gasteiger partial charge in [0.15, 0.2) is 0 Å². The van der Waals surface area contributed by atoms with Crippen LogP contribution < -0.4 is 5.32 Å². The molecule has 3 aromatic carbocycles. The number of para-hydroxylation sites is 1. The number of hydrogen-bond acceptors (Lipinski definition) is 6. The van der Waals surface area contributed by atoms with E-state index in [4.69, 9.17) is 14.2 Å². The van der Waals surface area contributed by atoms with Crippen LogP contribution in [0.25, 0.3) is 11.1 Å². The van der Waals surface area contributed by atoms with Crippen molar-refractivity contribution in [2.45, 2.75) is 64.6 Å². The summed E-state index contributed by atoms with van der Waals surface area (Å²) in [5.41, 5.74) is 4.94. The largest absolute Gasteiger partial charge is 0.460 e. The fraction of sp³-hybridized carbons (Fsp3) is 0.459. The Morgan fingerprint density at radius 3 is 2.25 bits per heavy atom. The van der Waals surface area contributed by atoms with Crippen LogP contribution in [0, 0.1) is 11.8 Å². The molecule has 1 N–H and O–H groups in total. The molecule has 7 nitrogen and oxygen atoms in total. The van der Waals surface area contributed by atoms with Crippen LogP contribution in [0.4, 0.5) is 10.5 Å². The average Bonchev–Trinajstić information content (AvgIpc) is 3.54. The molecule has 44 heavy (non-hydrogen) atoms. The summed E-state index contributed by atoms with van der Waals surface area (Å²) in [6.07, 6.45) is 3.57. The normalized spacial score (nSPS) is 19.8. The van der Waals surface area contributed by atoms with Crippen molar-refractivity contribution >= 4 is 17.7 Å². The first-order valence-corrected chi connectivity index (χ1v) is 15.9. The lowest BCUT2D eigenvalue weighted by atomic mass is 10.0. The Kier molecular flexibility index (Phi) is 10.7. The minimum atomic E-state index is -0.461. The molecule has 7 heteroatoms. The molecule has 0 aromatic heterocycles. The van der Waals surface area contributed by atoms with Crippen molar-refractivity contribution in [2.75, 3.05) is 38.2 Å². The third-order valence-corrected chi connectivity index (χ3v) is 8.42. The molecule has 1 saturated carbocycles. The summed E-state index contributed by atoms with van der Waals surface area (Å²) >= 11 is 0. The lowest BCUT2D eigenvalue weighted by Gasteiger charge is -2.20. The van der Waals surface area contributed by atoms with Crippen molar-refractivity contribution in [3.63, 3.8) is 0 Å². The zero-order valence-corrected chi connectivity index (χ0v) is 26.3. The number of ether oxygens (including phenoxy) is 3. The van der Waals surface area contributed by atoms with Gasteiger partial charge in [0.1, 0.15) is 11.7 Å². The van der Waals surface area contributed by atoms with Crippen molar-refractivity contribution < 1.29 is 23.8 Å². The first-order chi connectivity index (χ1) is 21.2. The van der Waals surface area contributed by atoms with Gasteiger partial charge in [0.2, 0.25) is 0 Å². The minimum Gasteiger partial charge on any atom is -0.460 e. The van der Waals surface area contributed by atoms with E-state index in [1.165, 1.54) is 11.1 Å². The maximum atomic E-state index is 12.8. The highest BCUT2D eigenvalue weighted by Crippen LogP contribution is 2.39. The third kappa shape index (κ3) is 9.41. The quantitative estimate of drug-likeness (QED) is 0.176. The third-order valence-electron chi connectivity index (χ3n) is 8.42. The Balaban J connectivity index is 0.999. The first-order valence-electron chi connectivity index (χ1n) is 15.9. The molecule has 0 radical (unpaired) electrons. The Morgan fingerprint density at radius 1 is 0.841 bits per heavy atom. The van der Waals surface area contributed by atoms with Crippen LogP contribution >= 0.6 is 0 Å². The number of amides is 1. The van der Waals surface area contributed by atoms with Gasteiger partial charge in [-0.2, -0.15) is 0 Å². The van der Waals surface area contributed by atoms with Gasteiger partial charge in [-0.25, -0.2) is 4.79 Å². The molecule has 1 saturated heterocycles. The molecular weight excluding hydrogens is 552 g/mol. The smallest absolute Gasteiger partial charge is 0.411 e. The lowest BCUT2D eigenvalue weighted by molar-refractivity contribution is -0.156. The van der Waals surface area contributed by atoms with Crippen molar-refractivity contribution in [3.8, 4) is 11.1 Å². The predicted octanol–water partition coefficient (Wildman–Crippen LogP) is 7.15. The standard InChI is InChI=1S/C37H46N2O5/c1-37(2,3)44-35(40)18-21-42-20-17-28-11-9-10-27(22-28)16-19-39-25-30-23-32(24-31(30)26-39)43-36(41)38-34-15-8-7-14-33(34)29-12-5-4-6-13-29/h4-15,22,30-32H,16-21,23-26H2,1-3H3,(H,38,41). The second-order valence-corrected chi connectivity index (χ2v) is 13.1. The molecule has 1 aliphatic heterocycles. The number of hydrogen-bond donors (Lipinski definition) is 1. The molecule has 2 atom stereocenters. The summed E-state index contributed by atoms with van der Waals surface area (Å²) in [7, 11) is 0. The van der Waals surface area contributed by atoms with E-state index in [1.54, 1.807) is 0 Å². The van der Waals surface area contributed by atoms with E-state index in [9.17, 15) is 9.59 Å². The van der Waals surface area contributed by atoms with Crippen LogP contribution in [0.1, 0.15) is 51.2 Å². The maximum Gasteiger partial charge on any atom is 0.411 e. The van der Waals surface area contributed by atoms with E-state index in [0.29, 0.717) is 25.0 Å². The van der Waals surface area contributed by atoms with Gasteiger partial charge in [-0.05, 0) is 81.0 Å². The van der Waals surface area contributed by atoms with Gasteiger partial charge in [0.05, 0.1) is 25.3 Å². The molecule has 2 fully saturated rings. The number of fused-ring (bicyclic) bond motifs is 1. The van der Waals surface area contributed by atoms with Gasteiger partial charge in [-0.1, -0.05) is 72.8 Å². The van der Waals surface area contributed by atoms with E-state index >= 15 is 0 Å². The summed E-state index contributed by atoms with van der Waals surface area (Å²) in [6, 6.07) is 26.6. The lowest BCUT2D eigenvalue weighted by Crippen LogP contribution is -2.27. The SMILES string of the molecule is CC(C)(C)OC(=O)CCOCCc1cccc(CCN2CC3CC(OC(=O)Nc4ccccc4-c4ccccc4)CC3C2)c1. The molecule has 5 rings (SSSR count). The molecule has 2 unspecified atom stereocenters. The monoisotopic (exact) mass is 598 g/mol. The number of nitrogens with zero attached hydrogens (tertiary/aromatic N) is 1. The molecule has 0 bridgehead atoms. The number of nitrogens with one attached hydrogen (secondary N) is 1. The Morgan fingerprint density at radius 2 is 1.52 bits per heavy atom. The molecule has 1 heterocycles. The molecule has 0 spiro atoms. The molecule has 2 aliphatic rings. The van der Waals surface area contributed by atoms with E-state index in [2.05, 4.69) is 34.5 Å². The van der Waals surface area contributed by atoms with Gasteiger partial charge in [-0.3, -0.25) is 10.1 Å². The van der Waals surface area contributed by atoms with Gasteiger partial charge in [-0.15, -0.1) is 0 Å². The van der Waals surface area contributed by atoms with Crippen LogP contribution in [0.15, 0.2) is 78.9 Å². The molecule has 3 aromatic rings. The van der Waals surface area contributed by atoms with Crippen molar-refractivity contribution in [1.29, 1.82) is 0 Å². The zero-order chi connectivity index (χ0) is 30.9. The van der Waals surface area contributed by atoms with Gasteiger partial charge < -0.3 is 19.1 Å². The summed E-state index contributed by atoms with van der Waals surface area (Å²) in [5.74, 6) is 0.932. The number of rotatable bonds is 12. The number of anilines is 1. The van der Waals surface area contributed by atoms with Crippen LogP contribution in [0.2, 0.25) is 0 Å². The summed E-state index contributed by atoms with van der Waals surface area (Å²) < 4.78 is 16.9. The molecule has 1 aliphatic carbocycles. The fourth-order valence-corrected chi connectivity index (χ4v) is 6.44. The van der Waals surface area contributed by atoms with Crippen molar-refractivity contribution in [3.05, 3.63) is 90.0 Å². The highest BCUT2D eigenvalue weighted by atomic mass is 16.6. The maximum absolute atomic E-state index is 12.8. The van der Waals surface area contributed by atoms with Gasteiger partial charge in [0, 0.05) is 25.2 Å². The number of benzene rings is 3. The highest BCUT2D eigenvalue weighted by Gasteiger charge is 2.42. The minimum absolute atomic E-state index is 0.0286. The predicted molar refractivity (Wildman–Crippen MR) is 174 cm³/mol. The fourth-order valence-electron chi connectivity index (χ4n) is 6.44. The van der Waals surface area contributed by atoms with Crippen LogP contribution in [-0.2, 0) is 31.8 Å². The van der Waals surface area contributed by atoms with Crippen molar-refractivity contribution in [2.24, 2.45) is 11.8 Å². The average molecular weight is 599 g/mol. The second-order valence-electron chi connectivity index (χ2n) is 13.1. The molecule has 234 valence electrons. The highest BCUT2D eigenvalue weighted by molar-refractivity contribution is 5.91. The topological polar surface area (TPSA) is 77.1 Å². The van der Waals surface area contributed by atoms with E-state index in [1.807, 2.05) is 75.4 Å². The number of likely N-dealkylation sites (tertiary alicyclic amines) is 1. The molecule has 1 amide bonds. The second kappa shape index (κ2) is 14.9. The van der Waals surface area contributed by atoms with E-state index in [0.717, 1.165) is 62.1 Å². The zero-order valence-electron chi connectivity index (χ0n) is 26.3. The van der Waals surface area contributed by atoms with E-state index in [-0.39, 0.29) is 24.6 Å². The van der Waals surface area contributed by atoms with Crippen LogP contribution in [-0.4, -0.2) is 61.5 Å². The Labute approximate surface area is 261 Å².